The largest absolute Gasteiger partial charge is 0.490 e. The van der Waals surface area contributed by atoms with Gasteiger partial charge in [-0.25, -0.2) is 9.59 Å². The first kappa shape index (κ1) is 23.0. The van der Waals surface area contributed by atoms with E-state index in [1.54, 1.807) is 19.0 Å². The fourth-order valence-corrected chi connectivity index (χ4v) is 3.39. The molecule has 1 aromatic heterocycles. The molecule has 29 heavy (non-hydrogen) atoms. The average molecular weight is 421 g/mol. The Balaban J connectivity index is 0.000000370. The van der Waals surface area contributed by atoms with Crippen molar-refractivity contribution >= 4 is 12.0 Å². The number of aliphatic carboxylic acids is 1. The molecule has 164 valence electrons. The first-order valence-corrected chi connectivity index (χ1v) is 9.12. The van der Waals surface area contributed by atoms with Crippen molar-refractivity contribution in [3.8, 4) is 0 Å². The summed E-state index contributed by atoms with van der Waals surface area (Å²) in [4.78, 5) is 24.5. The molecule has 2 aliphatic heterocycles. The third-order valence-corrected chi connectivity index (χ3v) is 4.85. The number of aryl methyl sites for hydroxylation is 1. The maximum atomic E-state index is 11.7. The number of amides is 2. The van der Waals surface area contributed by atoms with Gasteiger partial charge in [-0.1, -0.05) is 0 Å². The molecule has 0 spiro atoms. The summed E-state index contributed by atoms with van der Waals surface area (Å²) in [6, 6.07) is 4.01. The molecule has 2 amide bonds. The summed E-state index contributed by atoms with van der Waals surface area (Å²) >= 11 is 0. The molecule has 2 saturated heterocycles. The van der Waals surface area contributed by atoms with Crippen LogP contribution >= 0.6 is 0 Å². The molecule has 0 aromatic carbocycles. The van der Waals surface area contributed by atoms with Crippen LogP contribution in [0, 0.1) is 18.8 Å². The molecular weight excluding hydrogens is 395 g/mol. The Morgan fingerprint density at radius 2 is 1.97 bits per heavy atom. The summed E-state index contributed by atoms with van der Waals surface area (Å²) in [5.74, 6) is 0.105. The number of rotatable bonds is 4. The maximum absolute atomic E-state index is 11.7. The number of fused-ring (bicyclic) bond motifs is 1. The molecule has 1 aromatic rings. The number of ether oxygens (including phenoxy) is 1. The highest BCUT2D eigenvalue weighted by Crippen LogP contribution is 2.34. The number of hydrogen-bond donors (Lipinski definition) is 2. The van der Waals surface area contributed by atoms with Crippen LogP contribution in [0.15, 0.2) is 16.5 Å². The summed E-state index contributed by atoms with van der Waals surface area (Å²) in [7, 11) is 3.51. The van der Waals surface area contributed by atoms with Crippen molar-refractivity contribution in [2.45, 2.75) is 25.7 Å². The van der Waals surface area contributed by atoms with E-state index in [0.717, 1.165) is 37.8 Å². The highest BCUT2D eigenvalue weighted by molar-refractivity contribution is 5.73. The molecule has 3 rings (SSSR count). The summed E-state index contributed by atoms with van der Waals surface area (Å²) in [5.41, 5.74) is 0. The van der Waals surface area contributed by atoms with E-state index in [1.807, 2.05) is 19.1 Å². The van der Waals surface area contributed by atoms with Crippen molar-refractivity contribution in [2.24, 2.45) is 11.8 Å². The quantitative estimate of drug-likeness (QED) is 0.772. The first-order valence-electron chi connectivity index (χ1n) is 9.12. The minimum atomic E-state index is -5.08. The number of hydrogen-bond acceptors (Lipinski definition) is 5. The van der Waals surface area contributed by atoms with Gasteiger partial charge in [0, 0.05) is 45.6 Å². The van der Waals surface area contributed by atoms with Gasteiger partial charge in [-0.3, -0.25) is 4.90 Å². The van der Waals surface area contributed by atoms with Crippen LogP contribution < -0.4 is 5.32 Å². The van der Waals surface area contributed by atoms with Crippen LogP contribution in [0.3, 0.4) is 0 Å². The van der Waals surface area contributed by atoms with Gasteiger partial charge < -0.3 is 24.5 Å². The first-order chi connectivity index (χ1) is 13.5. The highest BCUT2D eigenvalue weighted by atomic mass is 19.4. The molecule has 0 saturated carbocycles. The molecule has 0 aliphatic carbocycles. The average Bonchev–Trinajstić information content (AvgIpc) is 3.29. The van der Waals surface area contributed by atoms with Crippen LogP contribution in [0.4, 0.5) is 18.0 Å². The minimum Gasteiger partial charge on any atom is -0.475 e. The van der Waals surface area contributed by atoms with E-state index in [2.05, 4.69) is 10.2 Å². The standard InChI is InChI=1S/C16H25N3O3.C2HF3O2/c1-11-4-5-13(22-11)7-19-8-14-12(10-21-15(14)9-19)6-17-16(20)18(2)3;3-2(4,5)1(6)7/h4-5,12,14-15H,6-10H2,1-3H3,(H,17,20);(H,6,7)/t12-,14+,15+;/m0./s1. The molecule has 3 heterocycles. The van der Waals surface area contributed by atoms with Crippen molar-refractivity contribution in [1.82, 2.24) is 15.1 Å². The Morgan fingerprint density at radius 3 is 2.48 bits per heavy atom. The van der Waals surface area contributed by atoms with E-state index in [4.69, 9.17) is 19.1 Å². The Morgan fingerprint density at radius 1 is 1.31 bits per heavy atom. The van der Waals surface area contributed by atoms with Crippen LogP contribution in [-0.2, 0) is 16.1 Å². The Hall–Kier alpha value is -2.27. The van der Waals surface area contributed by atoms with Gasteiger partial charge in [-0.15, -0.1) is 0 Å². The van der Waals surface area contributed by atoms with Gasteiger partial charge in [-0.2, -0.15) is 13.2 Å². The number of alkyl halides is 3. The van der Waals surface area contributed by atoms with E-state index < -0.39 is 12.1 Å². The van der Waals surface area contributed by atoms with E-state index in [9.17, 15) is 18.0 Å². The Bertz CT molecular complexity index is 707. The van der Waals surface area contributed by atoms with Crippen molar-refractivity contribution in [1.29, 1.82) is 0 Å². The monoisotopic (exact) mass is 421 g/mol. The zero-order chi connectivity index (χ0) is 21.8. The zero-order valence-electron chi connectivity index (χ0n) is 16.5. The number of furan rings is 1. The molecule has 3 atom stereocenters. The van der Waals surface area contributed by atoms with Gasteiger partial charge >= 0.3 is 18.2 Å². The number of carboxylic acids is 1. The fourth-order valence-electron chi connectivity index (χ4n) is 3.39. The Labute approximate surface area is 166 Å². The lowest BCUT2D eigenvalue weighted by molar-refractivity contribution is -0.192. The molecule has 8 nitrogen and oxygen atoms in total. The summed E-state index contributed by atoms with van der Waals surface area (Å²) < 4.78 is 43.3. The zero-order valence-corrected chi connectivity index (χ0v) is 16.5. The third-order valence-electron chi connectivity index (χ3n) is 4.85. The predicted molar refractivity (Wildman–Crippen MR) is 96.2 cm³/mol. The fraction of sp³-hybridized carbons (Fsp3) is 0.667. The van der Waals surface area contributed by atoms with Crippen LogP contribution in [0.2, 0.25) is 0 Å². The number of likely N-dealkylation sites (tertiary alicyclic amines) is 1. The van der Waals surface area contributed by atoms with E-state index in [1.165, 1.54) is 0 Å². The molecule has 2 fully saturated rings. The third kappa shape index (κ3) is 6.64. The van der Waals surface area contributed by atoms with Crippen molar-refractivity contribution < 1.29 is 37.0 Å². The van der Waals surface area contributed by atoms with Gasteiger partial charge in [0.15, 0.2) is 0 Å². The van der Waals surface area contributed by atoms with Crippen LogP contribution in [0.1, 0.15) is 11.5 Å². The second-order valence-electron chi connectivity index (χ2n) is 7.39. The van der Waals surface area contributed by atoms with E-state index in [-0.39, 0.29) is 12.1 Å². The lowest BCUT2D eigenvalue weighted by Crippen LogP contribution is -2.39. The number of halogens is 3. The van der Waals surface area contributed by atoms with Gasteiger partial charge in [-0.05, 0) is 19.1 Å². The topological polar surface area (TPSA) is 95.3 Å². The number of carbonyl (C=O) groups is 2. The normalized spacial score (nSPS) is 23.9. The molecule has 2 N–H and O–H groups in total. The van der Waals surface area contributed by atoms with E-state index >= 15 is 0 Å². The highest BCUT2D eigenvalue weighted by Gasteiger charge is 2.43. The minimum absolute atomic E-state index is 0.0376. The number of nitrogens with zero attached hydrogens (tertiary/aromatic N) is 2. The second kappa shape index (κ2) is 9.49. The molecule has 2 aliphatic rings. The van der Waals surface area contributed by atoms with Gasteiger partial charge in [0.1, 0.15) is 11.5 Å². The van der Waals surface area contributed by atoms with Crippen molar-refractivity contribution in [2.75, 3.05) is 40.3 Å². The second-order valence-corrected chi connectivity index (χ2v) is 7.39. The van der Waals surface area contributed by atoms with E-state index in [0.29, 0.717) is 18.4 Å². The maximum Gasteiger partial charge on any atom is 0.490 e. The summed E-state index contributed by atoms with van der Waals surface area (Å²) in [5, 5.41) is 10.1. The van der Waals surface area contributed by atoms with Gasteiger partial charge in [0.05, 0.1) is 19.3 Å². The number of nitrogens with one attached hydrogen (secondary N) is 1. The summed E-state index contributed by atoms with van der Waals surface area (Å²) in [6.07, 6.45) is -4.79. The van der Waals surface area contributed by atoms with Crippen molar-refractivity contribution in [3.05, 3.63) is 23.7 Å². The smallest absolute Gasteiger partial charge is 0.475 e. The number of carbonyl (C=O) groups excluding carboxylic acids is 1. The van der Waals surface area contributed by atoms with Crippen LogP contribution in [0.25, 0.3) is 0 Å². The SMILES string of the molecule is Cc1ccc(CN2C[C@@H]3[C@@H](CNC(=O)N(C)C)CO[C@@H]3C2)o1.O=C(O)C(F)(F)F. The van der Waals surface area contributed by atoms with Crippen LogP contribution in [-0.4, -0.2) is 79.5 Å². The number of urea groups is 1. The van der Waals surface area contributed by atoms with Crippen molar-refractivity contribution in [3.63, 3.8) is 0 Å². The summed E-state index contributed by atoms with van der Waals surface area (Å²) in [6.45, 7) is 6.19. The number of carboxylic acid groups (broad SMARTS) is 1. The Kier molecular flexibility index (Phi) is 7.53. The lowest BCUT2D eigenvalue weighted by atomic mass is 9.93. The molecule has 0 radical (unpaired) electrons. The molecular formula is C18H26F3N3O5. The lowest BCUT2D eigenvalue weighted by Gasteiger charge is -2.20. The van der Waals surface area contributed by atoms with Crippen LogP contribution in [0.5, 0.6) is 0 Å². The predicted octanol–water partition coefficient (Wildman–Crippen LogP) is 1.94. The molecule has 0 unspecified atom stereocenters. The molecule has 11 heteroatoms. The van der Waals surface area contributed by atoms with Gasteiger partial charge in [0.2, 0.25) is 0 Å². The molecule has 0 bridgehead atoms. The van der Waals surface area contributed by atoms with Gasteiger partial charge in [0.25, 0.3) is 0 Å².